The average Bonchev–Trinajstić information content (AvgIpc) is 3.43. The van der Waals surface area contributed by atoms with Crippen molar-refractivity contribution in [2.75, 3.05) is 20.2 Å². The summed E-state index contributed by atoms with van der Waals surface area (Å²) in [6, 6.07) is 13.6. The topological polar surface area (TPSA) is 77.3 Å². The van der Waals surface area contributed by atoms with Gasteiger partial charge >= 0.3 is 5.97 Å². The van der Waals surface area contributed by atoms with E-state index in [9.17, 15) is 9.59 Å². The number of ether oxygens (including phenoxy) is 1. The molecule has 0 radical (unpaired) electrons. The van der Waals surface area contributed by atoms with Gasteiger partial charge in [0.15, 0.2) is 5.82 Å². The first-order valence-corrected chi connectivity index (χ1v) is 9.99. The van der Waals surface area contributed by atoms with Crippen LogP contribution < -0.4 is 0 Å². The molecule has 1 aliphatic heterocycles. The number of nitrogens with zero attached hydrogens (tertiary/aromatic N) is 4. The number of piperidine rings is 1. The summed E-state index contributed by atoms with van der Waals surface area (Å²) in [5.74, 6) is 0.248. The fourth-order valence-corrected chi connectivity index (χ4v) is 4.04. The Morgan fingerprint density at radius 2 is 1.86 bits per heavy atom. The lowest BCUT2D eigenvalue weighted by atomic mass is 9.97. The molecule has 7 nitrogen and oxygen atoms in total. The lowest BCUT2D eigenvalue weighted by molar-refractivity contribution is -0.146. The zero-order chi connectivity index (χ0) is 19.5. The highest BCUT2D eigenvalue weighted by molar-refractivity contribution is 7.13. The number of amides is 1. The van der Waals surface area contributed by atoms with Crippen LogP contribution in [0.2, 0.25) is 0 Å². The molecular formula is C20H20N4O3S. The van der Waals surface area contributed by atoms with Gasteiger partial charge in [-0.2, -0.15) is 0 Å². The number of methoxy groups -OCH3 is 1. The van der Waals surface area contributed by atoms with Gasteiger partial charge in [-0.25, -0.2) is 9.67 Å². The van der Waals surface area contributed by atoms with Crippen molar-refractivity contribution in [2.45, 2.75) is 12.8 Å². The molecule has 1 aromatic carbocycles. The van der Waals surface area contributed by atoms with Crippen LogP contribution in [0, 0.1) is 5.92 Å². The number of aromatic nitrogens is 3. The van der Waals surface area contributed by atoms with E-state index >= 15 is 0 Å². The van der Waals surface area contributed by atoms with Crippen molar-refractivity contribution in [2.24, 2.45) is 5.92 Å². The molecule has 1 amide bonds. The highest BCUT2D eigenvalue weighted by atomic mass is 32.1. The van der Waals surface area contributed by atoms with E-state index in [1.165, 1.54) is 7.11 Å². The molecule has 28 heavy (non-hydrogen) atoms. The number of hydrogen-bond acceptors (Lipinski definition) is 6. The summed E-state index contributed by atoms with van der Waals surface area (Å²) >= 11 is 1.55. The van der Waals surface area contributed by atoms with Gasteiger partial charge in [0.1, 0.15) is 0 Å². The first-order valence-electron chi connectivity index (χ1n) is 9.11. The Morgan fingerprint density at radius 3 is 2.50 bits per heavy atom. The monoisotopic (exact) mass is 396 g/mol. The molecule has 0 atom stereocenters. The largest absolute Gasteiger partial charge is 0.469 e. The first kappa shape index (κ1) is 18.4. The third-order valence-electron chi connectivity index (χ3n) is 4.86. The van der Waals surface area contributed by atoms with Crippen molar-refractivity contribution in [1.82, 2.24) is 19.7 Å². The predicted molar refractivity (Wildman–Crippen MR) is 105 cm³/mol. The molecule has 3 heterocycles. The van der Waals surface area contributed by atoms with Crippen LogP contribution in [-0.4, -0.2) is 51.7 Å². The van der Waals surface area contributed by atoms with Gasteiger partial charge in [-0.05, 0) is 36.4 Å². The minimum absolute atomic E-state index is 0.148. The van der Waals surface area contributed by atoms with E-state index in [1.807, 2.05) is 47.8 Å². The molecule has 4 rings (SSSR count). The lowest BCUT2D eigenvalue weighted by Crippen LogP contribution is -2.41. The van der Waals surface area contributed by atoms with Crippen molar-refractivity contribution in [1.29, 1.82) is 0 Å². The fourth-order valence-electron chi connectivity index (χ4n) is 3.34. The minimum atomic E-state index is -0.212. The van der Waals surface area contributed by atoms with E-state index in [1.54, 1.807) is 20.9 Å². The van der Waals surface area contributed by atoms with Gasteiger partial charge in [0, 0.05) is 13.1 Å². The van der Waals surface area contributed by atoms with Gasteiger partial charge in [0.2, 0.25) is 5.82 Å². The summed E-state index contributed by atoms with van der Waals surface area (Å²) in [5, 5.41) is 6.48. The Labute approximate surface area is 166 Å². The average molecular weight is 396 g/mol. The van der Waals surface area contributed by atoms with Gasteiger partial charge in [-0.15, -0.1) is 16.4 Å². The van der Waals surface area contributed by atoms with E-state index in [-0.39, 0.29) is 23.6 Å². The fraction of sp³-hybridized carbons (Fsp3) is 0.300. The molecule has 0 aliphatic carbocycles. The molecule has 2 aromatic heterocycles. The number of thiophene rings is 1. The Balaban J connectivity index is 1.60. The summed E-state index contributed by atoms with van der Waals surface area (Å²) in [7, 11) is 1.39. The minimum Gasteiger partial charge on any atom is -0.469 e. The summed E-state index contributed by atoms with van der Waals surface area (Å²) in [6.07, 6.45) is 1.19. The van der Waals surface area contributed by atoms with E-state index in [4.69, 9.17) is 4.74 Å². The number of para-hydroxylation sites is 1. The van der Waals surface area contributed by atoms with Crippen LogP contribution >= 0.6 is 11.3 Å². The van der Waals surface area contributed by atoms with E-state index in [0.717, 1.165) is 10.6 Å². The maximum absolute atomic E-state index is 13.0. The second-order valence-electron chi connectivity index (χ2n) is 6.57. The smallest absolute Gasteiger partial charge is 0.308 e. The molecule has 3 aromatic rings. The maximum atomic E-state index is 13.0. The number of carbonyl (C=O) groups is 2. The second-order valence-corrected chi connectivity index (χ2v) is 7.52. The van der Waals surface area contributed by atoms with E-state index in [2.05, 4.69) is 10.1 Å². The van der Waals surface area contributed by atoms with Gasteiger partial charge in [-0.3, -0.25) is 9.59 Å². The van der Waals surface area contributed by atoms with Gasteiger partial charge in [0.25, 0.3) is 5.91 Å². The normalized spacial score (nSPS) is 14.8. The van der Waals surface area contributed by atoms with E-state index < -0.39 is 0 Å². The van der Waals surface area contributed by atoms with Crippen LogP contribution in [0.25, 0.3) is 16.4 Å². The third-order valence-corrected chi connectivity index (χ3v) is 5.72. The summed E-state index contributed by atoms with van der Waals surface area (Å²) in [6.45, 7) is 0.986. The summed E-state index contributed by atoms with van der Waals surface area (Å²) in [5.41, 5.74) is 0.849. The van der Waals surface area contributed by atoms with Crippen LogP contribution in [-0.2, 0) is 9.53 Å². The van der Waals surface area contributed by atoms with Gasteiger partial charge in [0.05, 0.1) is 23.6 Å². The van der Waals surface area contributed by atoms with E-state index in [0.29, 0.717) is 31.8 Å². The molecule has 1 fully saturated rings. The van der Waals surface area contributed by atoms with Crippen LogP contribution in [0.1, 0.15) is 23.5 Å². The molecule has 1 aliphatic rings. The quantitative estimate of drug-likeness (QED) is 0.634. The molecule has 0 N–H and O–H groups in total. The number of carbonyl (C=O) groups excluding carboxylic acids is 2. The van der Waals surface area contributed by atoms with Gasteiger partial charge < -0.3 is 9.64 Å². The summed E-state index contributed by atoms with van der Waals surface area (Å²) < 4.78 is 6.52. The molecule has 0 bridgehead atoms. The molecular weight excluding hydrogens is 376 g/mol. The molecule has 0 spiro atoms. The molecule has 144 valence electrons. The highest BCUT2D eigenvalue weighted by Gasteiger charge is 2.30. The number of esters is 1. The zero-order valence-corrected chi connectivity index (χ0v) is 16.3. The third kappa shape index (κ3) is 3.55. The van der Waals surface area contributed by atoms with Crippen molar-refractivity contribution in [3.63, 3.8) is 0 Å². The van der Waals surface area contributed by atoms with Crippen molar-refractivity contribution >= 4 is 23.2 Å². The highest BCUT2D eigenvalue weighted by Crippen LogP contribution is 2.26. The molecule has 0 saturated carbocycles. The number of benzene rings is 1. The van der Waals surface area contributed by atoms with Crippen LogP contribution in [0.4, 0.5) is 0 Å². The van der Waals surface area contributed by atoms with Crippen molar-refractivity contribution in [3.8, 4) is 16.4 Å². The first-order chi connectivity index (χ1) is 13.7. The number of hydrogen-bond donors (Lipinski definition) is 0. The Hall–Kier alpha value is -3.00. The lowest BCUT2D eigenvalue weighted by Gasteiger charge is -2.29. The Bertz CT molecular complexity index is 961. The van der Waals surface area contributed by atoms with Crippen LogP contribution in [0.3, 0.4) is 0 Å². The summed E-state index contributed by atoms with van der Waals surface area (Å²) in [4.78, 5) is 31.9. The Kier molecular flexibility index (Phi) is 5.21. The second kappa shape index (κ2) is 7.93. The van der Waals surface area contributed by atoms with Crippen LogP contribution in [0.15, 0.2) is 47.8 Å². The van der Waals surface area contributed by atoms with Crippen LogP contribution in [0.5, 0.6) is 0 Å². The number of likely N-dealkylation sites (tertiary alicyclic amines) is 1. The number of rotatable bonds is 4. The SMILES string of the molecule is COC(=O)C1CCN(C(=O)c2nc(-c3cccs3)n(-c3ccccc3)n2)CC1. The molecule has 0 unspecified atom stereocenters. The standard InChI is InChI=1S/C20H20N4O3S/c1-27-20(26)14-9-11-23(12-10-14)19(25)17-21-18(16-8-5-13-28-16)24(22-17)15-6-3-2-4-7-15/h2-8,13-14H,9-12H2,1H3. The van der Waals surface area contributed by atoms with Crippen molar-refractivity contribution < 1.29 is 14.3 Å². The zero-order valence-electron chi connectivity index (χ0n) is 15.4. The molecule has 8 heteroatoms. The maximum Gasteiger partial charge on any atom is 0.308 e. The predicted octanol–water partition coefficient (Wildman–Crippen LogP) is 3.02. The van der Waals surface area contributed by atoms with Gasteiger partial charge in [-0.1, -0.05) is 24.3 Å². The van der Waals surface area contributed by atoms with Crippen molar-refractivity contribution in [3.05, 3.63) is 53.7 Å². The molecule has 1 saturated heterocycles. The Morgan fingerprint density at radius 1 is 1.11 bits per heavy atom.